The lowest BCUT2D eigenvalue weighted by molar-refractivity contribution is 0.329. The lowest BCUT2D eigenvalue weighted by Gasteiger charge is -2.21. The second-order valence-electron chi connectivity index (χ2n) is 6.31. The fourth-order valence-corrected chi connectivity index (χ4v) is 3.43. The van der Waals surface area contributed by atoms with Crippen molar-refractivity contribution in [3.63, 3.8) is 0 Å². The first-order valence-corrected chi connectivity index (χ1v) is 8.09. The Morgan fingerprint density at radius 2 is 1.91 bits per heavy atom. The van der Waals surface area contributed by atoms with E-state index in [0.717, 1.165) is 28.2 Å². The zero-order valence-corrected chi connectivity index (χ0v) is 13.2. The highest BCUT2D eigenvalue weighted by atomic mass is 15.3. The summed E-state index contributed by atoms with van der Waals surface area (Å²) < 4.78 is 4.04. The molecule has 114 valence electrons. The van der Waals surface area contributed by atoms with Gasteiger partial charge in [0.25, 0.3) is 0 Å². The molecule has 5 nitrogen and oxygen atoms in total. The average Bonchev–Trinajstić information content (AvgIpc) is 3.16. The van der Waals surface area contributed by atoms with Gasteiger partial charge in [0.2, 0.25) is 0 Å². The highest BCUT2D eigenvalue weighted by Crippen LogP contribution is 2.30. The summed E-state index contributed by atoms with van der Waals surface area (Å²) in [7, 11) is 0. The summed E-state index contributed by atoms with van der Waals surface area (Å²) in [6, 6.07) is 2.67. The standard InChI is InChI=1S/C17H21N5/c1-12-9-18-17-8-16(13(2)20-22(12)17)14-10-19-21(11-14)15-6-4-3-5-7-15/h8-11,15H,3-7H2,1-2H3. The highest BCUT2D eigenvalue weighted by Gasteiger charge is 2.17. The van der Waals surface area contributed by atoms with Crippen LogP contribution < -0.4 is 0 Å². The molecule has 0 aliphatic heterocycles. The van der Waals surface area contributed by atoms with Crippen molar-refractivity contribution in [3.05, 3.63) is 36.0 Å². The van der Waals surface area contributed by atoms with Gasteiger partial charge in [-0.25, -0.2) is 9.50 Å². The molecule has 0 amide bonds. The van der Waals surface area contributed by atoms with Gasteiger partial charge in [0, 0.05) is 17.3 Å². The monoisotopic (exact) mass is 295 g/mol. The van der Waals surface area contributed by atoms with Crippen LogP contribution in [-0.2, 0) is 0 Å². The van der Waals surface area contributed by atoms with E-state index >= 15 is 0 Å². The molecule has 0 unspecified atom stereocenters. The second kappa shape index (κ2) is 5.23. The number of fused-ring (bicyclic) bond motifs is 1. The SMILES string of the molecule is Cc1nn2c(C)cnc2cc1-c1cnn(C2CCCCC2)c1. The summed E-state index contributed by atoms with van der Waals surface area (Å²) in [6.07, 6.45) is 12.5. The molecule has 1 fully saturated rings. The van der Waals surface area contributed by atoms with Crippen LogP contribution in [0.25, 0.3) is 16.8 Å². The average molecular weight is 295 g/mol. The molecule has 0 bridgehead atoms. The summed E-state index contributed by atoms with van der Waals surface area (Å²) in [5, 5.41) is 9.25. The minimum Gasteiger partial charge on any atom is -0.269 e. The van der Waals surface area contributed by atoms with Gasteiger partial charge in [-0.1, -0.05) is 19.3 Å². The molecule has 3 heterocycles. The van der Waals surface area contributed by atoms with Crippen molar-refractivity contribution in [2.24, 2.45) is 0 Å². The molecular formula is C17H21N5. The molecule has 4 rings (SSSR count). The molecular weight excluding hydrogens is 274 g/mol. The maximum Gasteiger partial charge on any atom is 0.154 e. The van der Waals surface area contributed by atoms with Crippen LogP contribution in [0.15, 0.2) is 24.7 Å². The largest absolute Gasteiger partial charge is 0.269 e. The summed E-state index contributed by atoms with van der Waals surface area (Å²) in [5.74, 6) is 0. The van der Waals surface area contributed by atoms with Gasteiger partial charge in [-0.15, -0.1) is 0 Å². The third-order valence-electron chi connectivity index (χ3n) is 4.71. The Morgan fingerprint density at radius 1 is 1.09 bits per heavy atom. The molecule has 1 saturated carbocycles. The van der Waals surface area contributed by atoms with Crippen LogP contribution in [0.3, 0.4) is 0 Å². The molecule has 22 heavy (non-hydrogen) atoms. The van der Waals surface area contributed by atoms with Crippen molar-refractivity contribution < 1.29 is 0 Å². The number of rotatable bonds is 2. The number of hydrogen-bond donors (Lipinski definition) is 0. The van der Waals surface area contributed by atoms with Gasteiger partial charge >= 0.3 is 0 Å². The Kier molecular flexibility index (Phi) is 3.21. The van der Waals surface area contributed by atoms with E-state index in [1.807, 2.05) is 30.8 Å². The lowest BCUT2D eigenvalue weighted by Crippen LogP contribution is -2.12. The third-order valence-corrected chi connectivity index (χ3v) is 4.71. The predicted molar refractivity (Wildman–Crippen MR) is 85.8 cm³/mol. The Balaban J connectivity index is 1.72. The van der Waals surface area contributed by atoms with Crippen molar-refractivity contribution in [2.75, 3.05) is 0 Å². The predicted octanol–water partition coefficient (Wildman–Crippen LogP) is 3.71. The molecule has 3 aromatic rings. The molecule has 5 heteroatoms. The summed E-state index contributed by atoms with van der Waals surface area (Å²) >= 11 is 0. The molecule has 0 radical (unpaired) electrons. The Bertz CT molecular complexity index is 808. The number of aromatic nitrogens is 5. The van der Waals surface area contributed by atoms with Gasteiger partial charge < -0.3 is 0 Å². The fraction of sp³-hybridized carbons (Fsp3) is 0.471. The quantitative estimate of drug-likeness (QED) is 0.724. The van der Waals surface area contributed by atoms with Crippen molar-refractivity contribution in [3.8, 4) is 11.1 Å². The lowest BCUT2D eigenvalue weighted by atomic mass is 9.96. The highest BCUT2D eigenvalue weighted by molar-refractivity contribution is 5.68. The molecule has 0 saturated heterocycles. The first-order chi connectivity index (χ1) is 10.7. The summed E-state index contributed by atoms with van der Waals surface area (Å²) in [5.41, 5.74) is 5.22. The zero-order chi connectivity index (χ0) is 15.1. The van der Waals surface area contributed by atoms with Gasteiger partial charge in [0.1, 0.15) is 0 Å². The Labute approximate surface area is 130 Å². The number of aryl methyl sites for hydroxylation is 2. The summed E-state index contributed by atoms with van der Waals surface area (Å²) in [4.78, 5) is 4.42. The number of nitrogens with zero attached hydrogens (tertiary/aromatic N) is 5. The van der Waals surface area contributed by atoms with Crippen LogP contribution in [0.4, 0.5) is 0 Å². The van der Waals surface area contributed by atoms with E-state index < -0.39 is 0 Å². The first-order valence-electron chi connectivity index (χ1n) is 8.09. The van der Waals surface area contributed by atoms with Crippen molar-refractivity contribution >= 4 is 5.65 Å². The van der Waals surface area contributed by atoms with Crippen molar-refractivity contribution in [2.45, 2.75) is 52.0 Å². The van der Waals surface area contributed by atoms with Crippen LogP contribution in [0.1, 0.15) is 49.5 Å². The molecule has 3 aromatic heterocycles. The first kappa shape index (κ1) is 13.5. The molecule has 0 N–H and O–H groups in total. The fourth-order valence-electron chi connectivity index (χ4n) is 3.43. The van der Waals surface area contributed by atoms with E-state index in [4.69, 9.17) is 0 Å². The minimum atomic E-state index is 0.563. The van der Waals surface area contributed by atoms with Gasteiger partial charge in [0.15, 0.2) is 5.65 Å². The zero-order valence-electron chi connectivity index (χ0n) is 13.2. The van der Waals surface area contributed by atoms with Crippen LogP contribution in [0.2, 0.25) is 0 Å². The van der Waals surface area contributed by atoms with E-state index in [2.05, 4.69) is 32.1 Å². The topological polar surface area (TPSA) is 48.0 Å². The van der Waals surface area contributed by atoms with Crippen LogP contribution in [0, 0.1) is 13.8 Å². The van der Waals surface area contributed by atoms with Gasteiger partial charge in [-0.2, -0.15) is 10.2 Å². The molecule has 0 spiro atoms. The normalized spacial score (nSPS) is 16.5. The Morgan fingerprint density at radius 3 is 2.73 bits per heavy atom. The van der Waals surface area contributed by atoms with Crippen LogP contribution >= 0.6 is 0 Å². The van der Waals surface area contributed by atoms with E-state index in [-0.39, 0.29) is 0 Å². The van der Waals surface area contributed by atoms with Crippen LogP contribution in [0.5, 0.6) is 0 Å². The van der Waals surface area contributed by atoms with E-state index in [0.29, 0.717) is 6.04 Å². The Hall–Kier alpha value is -2.17. The minimum absolute atomic E-state index is 0.563. The van der Waals surface area contributed by atoms with Gasteiger partial charge in [0.05, 0.1) is 29.8 Å². The van der Waals surface area contributed by atoms with E-state index in [1.165, 1.54) is 32.1 Å². The van der Waals surface area contributed by atoms with Gasteiger partial charge in [-0.05, 0) is 32.8 Å². The molecule has 1 aliphatic rings. The van der Waals surface area contributed by atoms with E-state index in [9.17, 15) is 0 Å². The second-order valence-corrected chi connectivity index (χ2v) is 6.31. The third kappa shape index (κ3) is 2.21. The van der Waals surface area contributed by atoms with Crippen LogP contribution in [-0.4, -0.2) is 24.4 Å². The molecule has 0 atom stereocenters. The van der Waals surface area contributed by atoms with E-state index in [1.54, 1.807) is 0 Å². The smallest absolute Gasteiger partial charge is 0.154 e. The summed E-state index contributed by atoms with van der Waals surface area (Å²) in [6.45, 7) is 4.07. The van der Waals surface area contributed by atoms with Crippen molar-refractivity contribution in [1.29, 1.82) is 0 Å². The number of hydrogen-bond acceptors (Lipinski definition) is 3. The van der Waals surface area contributed by atoms with Crippen molar-refractivity contribution in [1.82, 2.24) is 24.4 Å². The number of imidazole rings is 1. The van der Waals surface area contributed by atoms with Gasteiger partial charge in [-0.3, -0.25) is 4.68 Å². The maximum absolute atomic E-state index is 4.65. The maximum atomic E-state index is 4.65. The molecule has 1 aliphatic carbocycles. The molecule has 0 aromatic carbocycles.